The first-order chi connectivity index (χ1) is 13.8. The number of nitrogens with one attached hydrogen (secondary N) is 1. The summed E-state index contributed by atoms with van der Waals surface area (Å²) in [5.74, 6) is -5.86. The lowest BCUT2D eigenvalue weighted by molar-refractivity contribution is -0.0978. The average molecular weight is 452 g/mol. The number of aromatic amines is 1. The van der Waals surface area contributed by atoms with Crippen molar-refractivity contribution in [3.8, 4) is 11.5 Å². The van der Waals surface area contributed by atoms with E-state index in [9.17, 15) is 39.9 Å². The van der Waals surface area contributed by atoms with Crippen LogP contribution in [0.4, 0.5) is 26.3 Å². The Balaban J connectivity index is 1.92. The van der Waals surface area contributed by atoms with Gasteiger partial charge in [0.15, 0.2) is 11.6 Å². The summed E-state index contributed by atoms with van der Waals surface area (Å²) in [5.41, 5.74) is -7.26. The monoisotopic (exact) mass is 452 g/mol. The number of aromatic nitrogens is 2. The lowest BCUT2D eigenvalue weighted by atomic mass is 10.1. The van der Waals surface area contributed by atoms with Crippen LogP contribution in [-0.2, 0) is 16.3 Å². The number of fused-ring (bicyclic) bond motifs is 2. The number of hydrogen-bond acceptors (Lipinski definition) is 5. The molecule has 0 saturated heterocycles. The van der Waals surface area contributed by atoms with Gasteiger partial charge in [-0.3, -0.25) is 5.10 Å². The highest BCUT2D eigenvalue weighted by atomic mass is 32.2. The van der Waals surface area contributed by atoms with Gasteiger partial charge in [-0.25, -0.2) is 21.6 Å². The topological polar surface area (TPSA) is 92.3 Å². The number of sulfone groups is 1. The number of ether oxygens (including phenoxy) is 1. The van der Waals surface area contributed by atoms with Crippen LogP contribution in [0.1, 0.15) is 17.2 Å². The number of H-pyrrole nitrogens is 1. The van der Waals surface area contributed by atoms with Crippen LogP contribution in [0, 0.1) is 5.82 Å². The van der Waals surface area contributed by atoms with Crippen molar-refractivity contribution in [2.24, 2.45) is 0 Å². The Kier molecular flexibility index (Phi) is 4.33. The molecule has 13 heteroatoms. The van der Waals surface area contributed by atoms with E-state index in [0.29, 0.717) is 17.6 Å². The van der Waals surface area contributed by atoms with Crippen LogP contribution in [0.3, 0.4) is 0 Å². The van der Waals surface area contributed by atoms with Gasteiger partial charge in [-0.2, -0.15) is 18.3 Å². The number of nitrogens with zero attached hydrogens (tertiary/aromatic N) is 1. The molecule has 0 saturated carbocycles. The van der Waals surface area contributed by atoms with Crippen molar-refractivity contribution in [3.63, 3.8) is 0 Å². The van der Waals surface area contributed by atoms with Crippen molar-refractivity contribution in [1.29, 1.82) is 0 Å². The van der Waals surface area contributed by atoms with Crippen molar-refractivity contribution in [2.75, 3.05) is 0 Å². The molecule has 0 aliphatic heterocycles. The molecule has 6 nitrogen and oxygen atoms in total. The third-order valence-electron chi connectivity index (χ3n) is 4.69. The molecule has 0 fully saturated rings. The summed E-state index contributed by atoms with van der Waals surface area (Å²) in [4.78, 5) is -1.51. The maximum Gasteiger partial charge on any atom is 0.501 e. The van der Waals surface area contributed by atoms with Crippen molar-refractivity contribution in [1.82, 2.24) is 10.2 Å². The van der Waals surface area contributed by atoms with E-state index in [-0.39, 0.29) is 5.39 Å². The molecule has 1 heterocycles. The minimum Gasteiger partial charge on any atom is -0.453 e. The molecule has 30 heavy (non-hydrogen) atoms. The van der Waals surface area contributed by atoms with Crippen LogP contribution in [0.15, 0.2) is 35.4 Å². The average Bonchev–Trinajstić information content (AvgIpc) is 3.20. The van der Waals surface area contributed by atoms with Crippen LogP contribution in [0.25, 0.3) is 10.9 Å². The van der Waals surface area contributed by atoms with E-state index >= 15 is 0 Å². The van der Waals surface area contributed by atoms with Gasteiger partial charge >= 0.3 is 5.51 Å². The maximum absolute atomic E-state index is 14.3. The normalized spacial score (nSPS) is 18.6. The molecule has 4 rings (SSSR count). The van der Waals surface area contributed by atoms with Crippen LogP contribution < -0.4 is 4.74 Å². The molecule has 2 aromatic carbocycles. The quantitative estimate of drug-likeness (QED) is 0.586. The summed E-state index contributed by atoms with van der Waals surface area (Å²) >= 11 is 0. The zero-order valence-electron chi connectivity index (χ0n) is 14.5. The predicted molar refractivity (Wildman–Crippen MR) is 89.4 cm³/mol. The van der Waals surface area contributed by atoms with Crippen molar-refractivity contribution < 1.29 is 44.6 Å². The smallest absolute Gasteiger partial charge is 0.453 e. The molecule has 0 amide bonds. The fraction of sp³-hybridized carbons (Fsp3) is 0.235. The molecule has 0 bridgehead atoms. The van der Waals surface area contributed by atoms with E-state index in [0.717, 1.165) is 6.07 Å². The molecule has 1 aliphatic rings. The molecule has 1 atom stereocenters. The molecule has 0 radical (unpaired) electrons. The van der Waals surface area contributed by atoms with Gasteiger partial charge in [0.05, 0.1) is 22.0 Å². The van der Waals surface area contributed by atoms with Crippen molar-refractivity contribution >= 4 is 20.7 Å². The third-order valence-corrected chi connectivity index (χ3v) is 6.24. The largest absolute Gasteiger partial charge is 0.501 e. The van der Waals surface area contributed by atoms with E-state index in [1.807, 2.05) is 0 Å². The van der Waals surface area contributed by atoms with E-state index in [2.05, 4.69) is 10.2 Å². The molecular weight excluding hydrogens is 442 g/mol. The first kappa shape index (κ1) is 20.5. The molecule has 0 spiro atoms. The molecule has 1 aliphatic carbocycles. The minimum atomic E-state index is -6.05. The zero-order valence-corrected chi connectivity index (χ0v) is 15.3. The zero-order chi connectivity index (χ0) is 22.1. The highest BCUT2D eigenvalue weighted by Gasteiger charge is 2.55. The molecule has 2 N–H and O–H groups in total. The van der Waals surface area contributed by atoms with Crippen LogP contribution in [-0.4, -0.2) is 35.2 Å². The van der Waals surface area contributed by atoms with E-state index in [4.69, 9.17) is 4.74 Å². The second kappa shape index (κ2) is 6.35. The molecule has 160 valence electrons. The third kappa shape index (κ3) is 2.91. The SMILES string of the molecule is O=S(=O)(c1ccc(Oc2c(F)ccc3[nH]ncc23)c2c1C(O)C(F)(F)C2)C(F)(F)F. The standard InChI is InChI=1S/C17H10F6N2O4S/c18-9-1-2-10-8(6-24-25-10)14(9)29-11-3-4-12(30(27,28)17(21,22)23)13-7(11)5-16(19,20)15(13)26/h1-4,6,15,26H,5H2,(H,24,25). The fourth-order valence-electron chi connectivity index (χ4n) is 3.28. The first-order valence-corrected chi connectivity index (χ1v) is 9.65. The molecular formula is C17H10F6N2O4S. The fourth-order valence-corrected chi connectivity index (χ4v) is 4.30. The number of aliphatic hydroxyl groups excluding tert-OH is 1. The van der Waals surface area contributed by atoms with Gasteiger partial charge in [-0.05, 0) is 24.3 Å². The Morgan fingerprint density at radius 1 is 1.20 bits per heavy atom. The van der Waals surface area contributed by atoms with Crippen LogP contribution >= 0.6 is 0 Å². The van der Waals surface area contributed by atoms with E-state index in [1.165, 1.54) is 12.3 Å². The number of halogens is 6. The lowest BCUT2D eigenvalue weighted by Crippen LogP contribution is -2.26. The first-order valence-electron chi connectivity index (χ1n) is 8.17. The highest BCUT2D eigenvalue weighted by Crippen LogP contribution is 2.51. The van der Waals surface area contributed by atoms with Crippen LogP contribution in [0.5, 0.6) is 11.5 Å². The number of hydrogen-bond donors (Lipinski definition) is 2. The summed E-state index contributed by atoms with van der Waals surface area (Å²) < 4.78 is 111. The van der Waals surface area contributed by atoms with Gasteiger partial charge in [-0.15, -0.1) is 0 Å². The Morgan fingerprint density at radius 3 is 2.57 bits per heavy atom. The minimum absolute atomic E-state index is 0.112. The van der Waals surface area contributed by atoms with Gasteiger partial charge < -0.3 is 9.84 Å². The second-order valence-electron chi connectivity index (χ2n) is 6.55. The summed E-state index contributed by atoms with van der Waals surface area (Å²) in [6.45, 7) is 0. The second-order valence-corrected chi connectivity index (χ2v) is 8.46. The summed E-state index contributed by atoms with van der Waals surface area (Å²) in [5, 5.41) is 16.2. The summed E-state index contributed by atoms with van der Waals surface area (Å²) in [7, 11) is -6.05. The van der Waals surface area contributed by atoms with Crippen molar-refractivity contribution in [3.05, 3.63) is 47.4 Å². The Bertz CT molecular complexity index is 1270. The number of alkyl halides is 5. The Labute approximate surface area is 164 Å². The molecule has 3 aromatic rings. The Morgan fingerprint density at radius 2 is 1.90 bits per heavy atom. The van der Waals surface area contributed by atoms with Crippen molar-refractivity contribution in [2.45, 2.75) is 28.9 Å². The predicted octanol–water partition coefficient (Wildman–Crippen LogP) is 4.01. The Hall–Kier alpha value is -2.80. The number of aliphatic hydroxyl groups is 1. The van der Waals surface area contributed by atoms with Gasteiger partial charge in [0.2, 0.25) is 0 Å². The number of benzene rings is 2. The van der Waals surface area contributed by atoms with Crippen LogP contribution in [0.2, 0.25) is 0 Å². The van der Waals surface area contributed by atoms with E-state index < -0.39 is 67.1 Å². The summed E-state index contributed by atoms with van der Waals surface area (Å²) in [6, 6.07) is 3.42. The number of rotatable bonds is 3. The van der Waals surface area contributed by atoms with Gasteiger partial charge in [0.25, 0.3) is 15.8 Å². The molecule has 1 unspecified atom stereocenters. The van der Waals surface area contributed by atoms with E-state index in [1.54, 1.807) is 0 Å². The maximum atomic E-state index is 14.3. The highest BCUT2D eigenvalue weighted by molar-refractivity contribution is 7.92. The lowest BCUT2D eigenvalue weighted by Gasteiger charge is -2.18. The molecule has 1 aromatic heterocycles. The van der Waals surface area contributed by atoms with Gasteiger partial charge in [-0.1, -0.05) is 0 Å². The van der Waals surface area contributed by atoms with Gasteiger partial charge in [0, 0.05) is 17.5 Å². The van der Waals surface area contributed by atoms with Gasteiger partial charge in [0.1, 0.15) is 11.9 Å². The summed E-state index contributed by atoms with van der Waals surface area (Å²) in [6.07, 6.45) is -2.94.